The van der Waals surface area contributed by atoms with Crippen LogP contribution in [0.4, 0.5) is 5.69 Å². The Morgan fingerprint density at radius 1 is 0.978 bits per heavy atom. The zero-order valence-electron chi connectivity index (χ0n) is 24.2. The third-order valence-corrected chi connectivity index (χ3v) is 8.18. The molecule has 0 spiro atoms. The number of rotatable bonds is 9. The Morgan fingerprint density at radius 3 is 2.38 bits per heavy atom. The molecule has 4 aromatic carbocycles. The van der Waals surface area contributed by atoms with E-state index in [0.29, 0.717) is 26.4 Å². The van der Waals surface area contributed by atoms with Crippen LogP contribution in [0.25, 0.3) is 11.8 Å². The number of hydrogen-bond donors (Lipinski definition) is 0. The summed E-state index contributed by atoms with van der Waals surface area (Å²) in [6.07, 6.45) is 1.78. The molecule has 6 rings (SSSR count). The molecule has 0 N–H and O–H groups in total. The molecule has 1 aliphatic rings. The van der Waals surface area contributed by atoms with Gasteiger partial charge in [0.05, 0.1) is 33.4 Å². The molecule has 1 aromatic heterocycles. The van der Waals surface area contributed by atoms with E-state index in [1.54, 1.807) is 35.8 Å². The fourth-order valence-corrected chi connectivity index (χ4v) is 6.12. The van der Waals surface area contributed by atoms with E-state index >= 15 is 0 Å². The van der Waals surface area contributed by atoms with Gasteiger partial charge in [0, 0.05) is 17.7 Å². The maximum absolute atomic E-state index is 14.1. The molecule has 10 heteroatoms. The van der Waals surface area contributed by atoms with Gasteiger partial charge in [0.15, 0.2) is 4.80 Å². The molecule has 0 radical (unpaired) electrons. The maximum Gasteiger partial charge on any atom is 0.338 e. The van der Waals surface area contributed by atoms with E-state index in [1.807, 2.05) is 78.9 Å². The number of esters is 1. The quantitative estimate of drug-likeness (QED) is 0.124. The van der Waals surface area contributed by atoms with Crippen molar-refractivity contribution in [3.05, 3.63) is 167 Å². The van der Waals surface area contributed by atoms with Gasteiger partial charge in [0.2, 0.25) is 0 Å². The number of fused-ring (bicyclic) bond motifs is 1. The Balaban J connectivity index is 1.42. The first kappa shape index (κ1) is 29.5. The molecule has 0 aliphatic carbocycles. The Hall–Kier alpha value is -5.61. The van der Waals surface area contributed by atoms with Gasteiger partial charge in [-0.1, -0.05) is 84.1 Å². The Bertz CT molecular complexity index is 2090. The van der Waals surface area contributed by atoms with E-state index in [4.69, 9.17) is 14.5 Å². The van der Waals surface area contributed by atoms with Crippen LogP contribution < -0.4 is 19.6 Å². The topological polar surface area (TPSA) is 113 Å². The van der Waals surface area contributed by atoms with E-state index in [-0.39, 0.29) is 24.5 Å². The molecule has 0 bridgehead atoms. The van der Waals surface area contributed by atoms with Crippen molar-refractivity contribution < 1.29 is 19.2 Å². The number of nitro groups is 1. The number of carbonyl (C=O) groups excluding carboxylic acids is 1. The summed E-state index contributed by atoms with van der Waals surface area (Å²) in [6.45, 7) is 2.15. The second kappa shape index (κ2) is 12.9. The molecule has 9 nitrogen and oxygen atoms in total. The van der Waals surface area contributed by atoms with Crippen LogP contribution in [0.5, 0.6) is 5.75 Å². The van der Waals surface area contributed by atoms with Gasteiger partial charge in [-0.15, -0.1) is 0 Å². The molecule has 0 saturated carbocycles. The maximum atomic E-state index is 14.1. The summed E-state index contributed by atoms with van der Waals surface area (Å²) in [5.41, 5.74) is 3.54. The predicted molar refractivity (Wildman–Crippen MR) is 171 cm³/mol. The van der Waals surface area contributed by atoms with Gasteiger partial charge in [0.25, 0.3) is 11.2 Å². The SMILES string of the molecule is CCOC(=O)C1=C(c2ccccc2)N=c2s/c(=C\c3cccc(OCc4ccc([N+](=O)[O-])cc4)c3)c(=O)n2[C@H]1c1ccccc1. The highest BCUT2D eigenvalue weighted by molar-refractivity contribution is 7.07. The lowest BCUT2D eigenvalue weighted by atomic mass is 9.93. The smallest absolute Gasteiger partial charge is 0.338 e. The minimum Gasteiger partial charge on any atom is -0.489 e. The van der Waals surface area contributed by atoms with Crippen LogP contribution in [0, 0.1) is 10.1 Å². The summed E-state index contributed by atoms with van der Waals surface area (Å²) in [6, 6.07) is 31.6. The number of non-ortho nitro benzene ring substituents is 1. The molecule has 2 heterocycles. The third-order valence-electron chi connectivity index (χ3n) is 7.20. The predicted octanol–water partition coefficient (Wildman–Crippen LogP) is 5.42. The van der Waals surface area contributed by atoms with Crippen molar-refractivity contribution in [2.45, 2.75) is 19.6 Å². The van der Waals surface area contributed by atoms with E-state index in [0.717, 1.165) is 22.3 Å². The first-order chi connectivity index (χ1) is 21.9. The zero-order valence-corrected chi connectivity index (χ0v) is 25.0. The molecular weight excluding hydrogens is 590 g/mol. The van der Waals surface area contributed by atoms with Crippen molar-refractivity contribution in [2.75, 3.05) is 6.61 Å². The lowest BCUT2D eigenvalue weighted by Crippen LogP contribution is -2.39. The number of hydrogen-bond acceptors (Lipinski definition) is 8. The van der Waals surface area contributed by atoms with E-state index in [1.165, 1.54) is 23.5 Å². The van der Waals surface area contributed by atoms with Crippen LogP contribution in [-0.2, 0) is 16.1 Å². The number of nitrogens with zero attached hydrogens (tertiary/aromatic N) is 3. The third kappa shape index (κ3) is 6.22. The first-order valence-corrected chi connectivity index (χ1v) is 15.0. The van der Waals surface area contributed by atoms with Crippen LogP contribution in [-0.4, -0.2) is 22.1 Å². The van der Waals surface area contributed by atoms with E-state index in [2.05, 4.69) is 0 Å². The van der Waals surface area contributed by atoms with Gasteiger partial charge in [-0.2, -0.15) is 0 Å². The van der Waals surface area contributed by atoms with Gasteiger partial charge in [-0.25, -0.2) is 9.79 Å². The summed E-state index contributed by atoms with van der Waals surface area (Å²) in [4.78, 5) is 43.4. The van der Waals surface area contributed by atoms with Gasteiger partial charge in [-0.05, 0) is 54.0 Å². The molecule has 45 heavy (non-hydrogen) atoms. The number of thiazole rings is 1. The van der Waals surface area contributed by atoms with Crippen molar-refractivity contribution in [2.24, 2.45) is 4.99 Å². The van der Waals surface area contributed by atoms with Crippen LogP contribution in [0.15, 0.2) is 125 Å². The van der Waals surface area contributed by atoms with Crippen molar-refractivity contribution >= 4 is 34.8 Å². The molecule has 0 saturated heterocycles. The highest BCUT2D eigenvalue weighted by atomic mass is 32.1. The summed E-state index contributed by atoms with van der Waals surface area (Å²) < 4.78 is 13.5. The second-order valence-electron chi connectivity index (χ2n) is 10.1. The van der Waals surface area contributed by atoms with Crippen LogP contribution >= 0.6 is 11.3 Å². The normalized spacial score (nSPS) is 14.4. The molecule has 5 aromatic rings. The number of carbonyl (C=O) groups is 1. The average molecular weight is 618 g/mol. The van der Waals surface area contributed by atoms with Crippen molar-refractivity contribution in [3.63, 3.8) is 0 Å². The molecule has 1 aliphatic heterocycles. The first-order valence-electron chi connectivity index (χ1n) is 14.2. The molecular formula is C35H27N3O6S. The summed E-state index contributed by atoms with van der Waals surface area (Å²) in [5.74, 6) is 0.0501. The van der Waals surface area contributed by atoms with Crippen LogP contribution in [0.1, 0.15) is 35.2 Å². The summed E-state index contributed by atoms with van der Waals surface area (Å²) in [7, 11) is 0. The van der Waals surface area contributed by atoms with Crippen LogP contribution in [0.2, 0.25) is 0 Å². The fraction of sp³-hybridized carbons (Fsp3) is 0.114. The van der Waals surface area contributed by atoms with Gasteiger partial charge in [0.1, 0.15) is 12.4 Å². The molecule has 0 unspecified atom stereocenters. The van der Waals surface area contributed by atoms with Gasteiger partial charge < -0.3 is 9.47 Å². The van der Waals surface area contributed by atoms with E-state index in [9.17, 15) is 19.7 Å². The molecule has 0 fully saturated rings. The molecule has 224 valence electrons. The standard InChI is InChI=1S/C35H27N3O6S/c1-2-43-34(40)30-31(25-11-5-3-6-12-25)36-35-37(32(30)26-13-7-4-8-14-26)33(39)29(45-35)21-24-10-9-15-28(20-24)44-22-23-16-18-27(19-17-23)38(41)42/h3-21,32H,2,22H2,1H3/b29-21-/t32-/m0/s1. The highest BCUT2D eigenvalue weighted by Crippen LogP contribution is 2.35. The Labute approximate surface area is 261 Å². The second-order valence-corrected chi connectivity index (χ2v) is 11.1. The van der Waals surface area contributed by atoms with Crippen molar-refractivity contribution in [1.82, 2.24) is 4.57 Å². The lowest BCUT2D eigenvalue weighted by molar-refractivity contribution is -0.384. The lowest BCUT2D eigenvalue weighted by Gasteiger charge is -2.25. The molecule has 1 atom stereocenters. The van der Waals surface area contributed by atoms with Gasteiger partial charge in [-0.3, -0.25) is 19.5 Å². The minimum atomic E-state index is -0.741. The zero-order chi connectivity index (χ0) is 31.3. The largest absolute Gasteiger partial charge is 0.489 e. The van der Waals surface area contributed by atoms with E-state index < -0.39 is 16.9 Å². The average Bonchev–Trinajstić information content (AvgIpc) is 3.38. The summed E-state index contributed by atoms with van der Waals surface area (Å²) >= 11 is 1.25. The Morgan fingerprint density at radius 2 is 1.69 bits per heavy atom. The number of benzene rings is 4. The number of aromatic nitrogens is 1. The monoisotopic (exact) mass is 617 g/mol. The molecule has 0 amide bonds. The number of nitro benzene ring substituents is 1. The fourth-order valence-electron chi connectivity index (χ4n) is 5.12. The number of ether oxygens (including phenoxy) is 2. The van der Waals surface area contributed by atoms with Gasteiger partial charge >= 0.3 is 5.97 Å². The summed E-state index contributed by atoms with van der Waals surface area (Å²) in [5, 5.41) is 10.9. The van der Waals surface area contributed by atoms with Crippen LogP contribution in [0.3, 0.4) is 0 Å². The Kier molecular flexibility index (Phi) is 8.47. The minimum absolute atomic E-state index is 0.0157. The van der Waals surface area contributed by atoms with Crippen molar-refractivity contribution in [1.29, 1.82) is 0 Å². The van der Waals surface area contributed by atoms with Crippen molar-refractivity contribution in [3.8, 4) is 5.75 Å². The highest BCUT2D eigenvalue weighted by Gasteiger charge is 2.35.